The third-order valence-electron chi connectivity index (χ3n) is 8.25. The van der Waals surface area contributed by atoms with Crippen LogP contribution in [0.5, 0.6) is 0 Å². The van der Waals surface area contributed by atoms with Crippen LogP contribution in [0, 0.1) is 14.7 Å². The van der Waals surface area contributed by atoms with E-state index >= 15 is 0 Å². The van der Waals surface area contributed by atoms with E-state index in [1.165, 1.54) is 0 Å². The van der Waals surface area contributed by atoms with Crippen LogP contribution in [0.3, 0.4) is 0 Å². The Bertz CT molecular complexity index is 1180. The van der Waals surface area contributed by atoms with Crippen molar-refractivity contribution in [2.45, 2.75) is 111 Å². The van der Waals surface area contributed by atoms with Crippen molar-refractivity contribution in [2.24, 2.45) is 31.2 Å². The SMILES string of the molecule is C=C[C@@H](O)C1OC(CN=O)(O[C@@H]2C(N=O)CC(NC(=O)C(O)CCN=O)[C@@H](O)C2O[C@@H]2O[C@H](CN=C(N)N=C)C(O)C2O)CC(O)[C@@H]1O. The maximum Gasteiger partial charge on any atom is 0.249 e. The number of nitrogens with one attached hydrogen (secondary N) is 1. The zero-order valence-corrected chi connectivity index (χ0v) is 25.5. The number of ether oxygens (including phenoxy) is 4. The number of hydrogen-bond acceptors (Lipinski definition) is 19. The first kappa shape index (κ1) is 39.2. The van der Waals surface area contributed by atoms with Gasteiger partial charge in [0.15, 0.2) is 12.1 Å². The number of carbonyl (C=O) groups excluding carboxylic acids is 1. The van der Waals surface area contributed by atoms with Crippen molar-refractivity contribution < 1.29 is 59.5 Å². The third-order valence-corrected chi connectivity index (χ3v) is 8.25. The van der Waals surface area contributed by atoms with E-state index in [1.807, 2.05) is 0 Å². The molecule has 270 valence electrons. The van der Waals surface area contributed by atoms with E-state index in [-0.39, 0.29) is 18.9 Å². The summed E-state index contributed by atoms with van der Waals surface area (Å²) in [7, 11) is 0. The third kappa shape index (κ3) is 9.03. The van der Waals surface area contributed by atoms with Crippen LogP contribution in [0.2, 0.25) is 0 Å². The number of hydrogen-bond donors (Lipinski definition) is 9. The van der Waals surface area contributed by atoms with Crippen LogP contribution in [0.1, 0.15) is 19.3 Å². The molecule has 3 aliphatic rings. The molecule has 2 aliphatic heterocycles. The number of rotatable bonds is 16. The molecule has 0 aromatic carbocycles. The highest BCUT2D eigenvalue weighted by molar-refractivity contribution is 5.82. The van der Waals surface area contributed by atoms with Crippen molar-refractivity contribution in [1.29, 1.82) is 0 Å². The number of nitrogens with two attached hydrogens (primary N) is 1. The molecule has 9 unspecified atom stereocenters. The van der Waals surface area contributed by atoms with Gasteiger partial charge >= 0.3 is 0 Å². The second-order valence-corrected chi connectivity index (χ2v) is 11.5. The molecule has 0 spiro atoms. The lowest BCUT2D eigenvalue weighted by Gasteiger charge is -2.50. The normalized spacial score (nSPS) is 39.9. The maximum atomic E-state index is 12.6. The number of guanidine groups is 1. The first-order valence-corrected chi connectivity index (χ1v) is 14.8. The molecule has 3 fully saturated rings. The minimum absolute atomic E-state index is 0.251. The smallest absolute Gasteiger partial charge is 0.249 e. The fourth-order valence-electron chi connectivity index (χ4n) is 5.67. The standard InChI is InChI=1S/C26H41N7O15/c1-3-12(34)21-17(38)14(36)7-26(48-21,9-31-43)47-20-11(33-44)6-10(32-23(41)13(35)4-5-30-42)16(37)22(20)46-24-19(40)18(39)15(45-24)8-29-25(27)28-2/h3,10-22,24,34-40H,1-2,4-9H2,(H2,27,29)(H,32,41)/t10?,11?,12-,13?,14?,15-,16-,17+,18?,19?,20-,21?,22?,24+,26?/m1/s1. The van der Waals surface area contributed by atoms with E-state index in [0.29, 0.717) is 0 Å². The van der Waals surface area contributed by atoms with E-state index < -0.39 is 123 Å². The van der Waals surface area contributed by atoms with Gasteiger partial charge in [0.05, 0.1) is 25.2 Å². The Kier molecular flexibility index (Phi) is 14.2. The van der Waals surface area contributed by atoms with Crippen LogP contribution < -0.4 is 11.1 Å². The molecule has 1 amide bonds. The van der Waals surface area contributed by atoms with E-state index in [2.05, 4.69) is 44.1 Å². The van der Waals surface area contributed by atoms with Gasteiger partial charge in [0.25, 0.3) is 0 Å². The monoisotopic (exact) mass is 691 g/mol. The molecule has 0 radical (unpaired) electrons. The van der Waals surface area contributed by atoms with Crippen molar-refractivity contribution in [3.8, 4) is 0 Å². The summed E-state index contributed by atoms with van der Waals surface area (Å²) < 4.78 is 23.3. The Morgan fingerprint density at radius 2 is 1.77 bits per heavy atom. The Hall–Kier alpha value is -3.29. The molecule has 22 nitrogen and oxygen atoms in total. The van der Waals surface area contributed by atoms with Crippen molar-refractivity contribution in [1.82, 2.24) is 5.32 Å². The summed E-state index contributed by atoms with van der Waals surface area (Å²) in [6.07, 6.45) is -20.7. The molecule has 2 saturated heterocycles. The van der Waals surface area contributed by atoms with Crippen molar-refractivity contribution in [3.05, 3.63) is 27.4 Å². The molecule has 22 heteroatoms. The molecule has 0 aromatic rings. The molecular formula is C26H41N7O15. The number of carbonyl (C=O) groups is 1. The van der Waals surface area contributed by atoms with Crippen LogP contribution >= 0.6 is 0 Å². The largest absolute Gasteiger partial charge is 0.390 e. The predicted octanol–water partition coefficient (Wildman–Crippen LogP) is -4.36. The zero-order valence-electron chi connectivity index (χ0n) is 25.5. The van der Waals surface area contributed by atoms with Crippen molar-refractivity contribution in [2.75, 3.05) is 19.6 Å². The minimum atomic E-state index is -2.28. The average Bonchev–Trinajstić information content (AvgIpc) is 3.34. The van der Waals surface area contributed by atoms with Crippen LogP contribution in [0.15, 0.2) is 38.2 Å². The second-order valence-electron chi connectivity index (χ2n) is 11.5. The number of nitroso groups, excluding NO2 is 3. The Morgan fingerprint density at radius 3 is 2.38 bits per heavy atom. The highest BCUT2D eigenvalue weighted by Crippen LogP contribution is 2.39. The Labute approximate surface area is 272 Å². The molecule has 1 saturated carbocycles. The first-order valence-electron chi connectivity index (χ1n) is 14.8. The van der Waals surface area contributed by atoms with Gasteiger partial charge < -0.3 is 65.7 Å². The molecule has 1 aliphatic carbocycles. The van der Waals surface area contributed by atoms with Crippen LogP contribution in [0.4, 0.5) is 0 Å². The second kappa shape index (κ2) is 17.4. The molecule has 2 heterocycles. The van der Waals surface area contributed by atoms with Gasteiger partial charge in [-0.15, -0.1) is 6.58 Å². The van der Waals surface area contributed by atoms with Gasteiger partial charge in [0.2, 0.25) is 11.9 Å². The summed E-state index contributed by atoms with van der Waals surface area (Å²) in [6.45, 7) is 4.99. The number of aliphatic imine (C=N–C) groups is 2. The topological polar surface area (TPSA) is 347 Å². The lowest BCUT2D eigenvalue weighted by Crippen LogP contribution is -2.67. The number of nitrogens with zero attached hydrogens (tertiary/aromatic N) is 5. The molecule has 10 N–H and O–H groups in total. The number of aliphatic hydroxyl groups is 7. The van der Waals surface area contributed by atoms with Crippen molar-refractivity contribution in [3.63, 3.8) is 0 Å². The van der Waals surface area contributed by atoms with Gasteiger partial charge in [0, 0.05) is 12.8 Å². The fourth-order valence-corrected chi connectivity index (χ4v) is 5.67. The van der Waals surface area contributed by atoms with E-state index in [1.54, 1.807) is 0 Å². The summed E-state index contributed by atoms with van der Waals surface area (Å²) in [5.74, 6) is -3.58. The van der Waals surface area contributed by atoms with Gasteiger partial charge in [-0.25, -0.2) is 9.98 Å². The van der Waals surface area contributed by atoms with Gasteiger partial charge in [-0.2, -0.15) is 14.7 Å². The average molecular weight is 692 g/mol. The highest BCUT2D eigenvalue weighted by Gasteiger charge is 2.57. The van der Waals surface area contributed by atoms with E-state index in [0.717, 1.165) is 6.08 Å². The molecule has 48 heavy (non-hydrogen) atoms. The first-order chi connectivity index (χ1) is 22.8. The molecule has 3 rings (SSSR count). The Morgan fingerprint density at radius 1 is 1.06 bits per heavy atom. The predicted molar refractivity (Wildman–Crippen MR) is 161 cm³/mol. The molecule has 0 aromatic heterocycles. The highest BCUT2D eigenvalue weighted by atomic mass is 16.7. The van der Waals surface area contributed by atoms with Gasteiger partial charge in [-0.3, -0.25) is 4.79 Å². The molecular weight excluding hydrogens is 650 g/mol. The minimum Gasteiger partial charge on any atom is -0.390 e. The number of aliphatic hydroxyl groups excluding tert-OH is 7. The fraction of sp³-hybridized carbons (Fsp3) is 0.808. The van der Waals surface area contributed by atoms with Crippen molar-refractivity contribution >= 4 is 18.6 Å². The van der Waals surface area contributed by atoms with Gasteiger partial charge in [0.1, 0.15) is 73.6 Å². The number of amides is 1. The summed E-state index contributed by atoms with van der Waals surface area (Å²) in [6, 6.07) is -2.97. The maximum absolute atomic E-state index is 12.6. The Balaban J connectivity index is 1.99. The molecule has 0 bridgehead atoms. The van der Waals surface area contributed by atoms with Gasteiger partial charge in [-0.05, 0) is 13.1 Å². The molecule has 15 atom stereocenters. The van der Waals surface area contributed by atoms with Crippen LogP contribution in [0.25, 0.3) is 0 Å². The van der Waals surface area contributed by atoms with E-state index in [4.69, 9.17) is 24.7 Å². The summed E-state index contributed by atoms with van der Waals surface area (Å²) in [5.41, 5.74) is 5.50. The zero-order chi connectivity index (χ0) is 35.8. The van der Waals surface area contributed by atoms with Crippen LogP contribution in [-0.4, -0.2) is 165 Å². The summed E-state index contributed by atoms with van der Waals surface area (Å²) >= 11 is 0. The van der Waals surface area contributed by atoms with E-state index in [9.17, 15) is 55.3 Å². The van der Waals surface area contributed by atoms with Crippen LogP contribution in [-0.2, 0) is 23.7 Å². The quantitative estimate of drug-likeness (QED) is 0.0319. The van der Waals surface area contributed by atoms with Gasteiger partial charge in [-0.1, -0.05) is 21.6 Å². The summed E-state index contributed by atoms with van der Waals surface area (Å²) in [5, 5.41) is 85.1. The lowest BCUT2D eigenvalue weighted by atomic mass is 9.83. The lowest BCUT2D eigenvalue weighted by molar-refractivity contribution is -0.356. The summed E-state index contributed by atoms with van der Waals surface area (Å²) in [4.78, 5) is 54.2.